The van der Waals surface area contributed by atoms with Gasteiger partial charge in [-0.15, -0.1) is 0 Å². The van der Waals surface area contributed by atoms with Crippen molar-refractivity contribution in [3.63, 3.8) is 0 Å². The summed E-state index contributed by atoms with van der Waals surface area (Å²) in [7, 11) is -2.18. The van der Waals surface area contributed by atoms with E-state index in [1.807, 2.05) is 17.8 Å². The molecule has 0 saturated carbocycles. The summed E-state index contributed by atoms with van der Waals surface area (Å²) in [5.74, 6) is -0.828. The number of fused-ring (bicyclic) bond motifs is 1. The standard InChI is InChI=1S/C22H18N4O6S/c1-25-13-20(14-5-8-17(9-6-14)26(29)30)19-12-16(7-10-21(19)25)24-33(31,32)18-4-2-3-15(11-18)22(27)23-28/h2-13,24,28H,1H3,(H,23,27). The zero-order valence-corrected chi connectivity index (χ0v) is 18.0. The number of aromatic nitrogens is 1. The number of carbonyl (C=O) groups is 1. The summed E-state index contributed by atoms with van der Waals surface area (Å²) in [5.41, 5.74) is 4.10. The van der Waals surface area contributed by atoms with Gasteiger partial charge in [0.25, 0.3) is 21.6 Å². The number of hydrogen-bond acceptors (Lipinski definition) is 6. The number of hydroxylamine groups is 1. The molecule has 1 amide bonds. The molecule has 0 aliphatic rings. The van der Waals surface area contributed by atoms with Gasteiger partial charge in [0, 0.05) is 53.1 Å². The van der Waals surface area contributed by atoms with Gasteiger partial charge in [0.15, 0.2) is 0 Å². The molecule has 0 saturated heterocycles. The van der Waals surface area contributed by atoms with Crippen LogP contribution in [0.4, 0.5) is 11.4 Å². The van der Waals surface area contributed by atoms with Crippen molar-refractivity contribution in [2.24, 2.45) is 7.05 Å². The monoisotopic (exact) mass is 466 g/mol. The van der Waals surface area contributed by atoms with E-state index in [0.717, 1.165) is 28.1 Å². The van der Waals surface area contributed by atoms with Crippen molar-refractivity contribution in [2.45, 2.75) is 4.90 Å². The SMILES string of the molecule is Cn1cc(-c2ccc([N+](=O)[O-])cc2)c2cc(NS(=O)(=O)c3cccc(C(=O)NO)c3)ccc21. The normalized spacial score (nSPS) is 11.3. The van der Waals surface area contributed by atoms with Gasteiger partial charge in [-0.25, -0.2) is 13.9 Å². The minimum atomic E-state index is -4.03. The van der Waals surface area contributed by atoms with Gasteiger partial charge in [0.05, 0.1) is 9.82 Å². The number of benzene rings is 3. The van der Waals surface area contributed by atoms with Crippen LogP contribution in [0.5, 0.6) is 0 Å². The number of rotatable bonds is 6. The number of aryl methyl sites for hydroxylation is 1. The number of nitro groups is 1. The lowest BCUT2D eigenvalue weighted by Gasteiger charge is -2.10. The van der Waals surface area contributed by atoms with E-state index in [9.17, 15) is 23.3 Å². The number of non-ortho nitro benzene ring substituents is 1. The van der Waals surface area contributed by atoms with E-state index in [0.29, 0.717) is 5.69 Å². The smallest absolute Gasteiger partial charge is 0.274 e. The number of amides is 1. The van der Waals surface area contributed by atoms with Crippen LogP contribution in [0.15, 0.2) is 77.8 Å². The zero-order valence-electron chi connectivity index (χ0n) is 17.2. The third-order valence-electron chi connectivity index (χ3n) is 5.14. The molecule has 0 bridgehead atoms. The number of nitrogens with zero attached hydrogens (tertiary/aromatic N) is 2. The molecule has 168 valence electrons. The lowest BCUT2D eigenvalue weighted by molar-refractivity contribution is -0.384. The highest BCUT2D eigenvalue weighted by Crippen LogP contribution is 2.33. The van der Waals surface area contributed by atoms with Gasteiger partial charge in [-0.1, -0.05) is 6.07 Å². The summed E-state index contributed by atoms with van der Waals surface area (Å²) < 4.78 is 30.2. The third-order valence-corrected chi connectivity index (χ3v) is 6.52. The van der Waals surface area contributed by atoms with E-state index >= 15 is 0 Å². The highest BCUT2D eigenvalue weighted by molar-refractivity contribution is 7.92. The second-order valence-electron chi connectivity index (χ2n) is 7.26. The molecule has 0 spiro atoms. The fourth-order valence-electron chi connectivity index (χ4n) is 3.53. The first kappa shape index (κ1) is 22.0. The molecule has 0 atom stereocenters. The molecule has 0 unspecified atom stereocenters. The second-order valence-corrected chi connectivity index (χ2v) is 8.95. The maximum absolute atomic E-state index is 12.9. The average Bonchev–Trinajstić information content (AvgIpc) is 3.14. The Morgan fingerprint density at radius 2 is 1.79 bits per heavy atom. The number of nitro benzene ring substituents is 1. The van der Waals surface area contributed by atoms with Gasteiger partial charge < -0.3 is 4.57 Å². The molecule has 0 radical (unpaired) electrons. The molecule has 4 aromatic rings. The Hall–Kier alpha value is -4.22. The molecule has 0 aliphatic heterocycles. The fraction of sp³-hybridized carbons (Fsp3) is 0.0455. The first-order valence-electron chi connectivity index (χ1n) is 9.61. The number of carbonyl (C=O) groups excluding carboxylic acids is 1. The predicted octanol–water partition coefficient (Wildman–Crippen LogP) is 3.67. The first-order valence-corrected chi connectivity index (χ1v) is 11.1. The lowest BCUT2D eigenvalue weighted by Crippen LogP contribution is -2.19. The maximum atomic E-state index is 12.9. The second kappa shape index (κ2) is 8.37. The average molecular weight is 466 g/mol. The van der Waals surface area contributed by atoms with Crippen molar-refractivity contribution >= 4 is 38.2 Å². The maximum Gasteiger partial charge on any atom is 0.274 e. The van der Waals surface area contributed by atoms with E-state index < -0.39 is 20.9 Å². The molecule has 1 aromatic heterocycles. The van der Waals surface area contributed by atoms with E-state index in [-0.39, 0.29) is 16.1 Å². The van der Waals surface area contributed by atoms with Crippen LogP contribution < -0.4 is 10.2 Å². The number of sulfonamides is 1. The molecule has 3 aromatic carbocycles. The van der Waals surface area contributed by atoms with Crippen LogP contribution >= 0.6 is 0 Å². The Labute approximate surface area is 188 Å². The van der Waals surface area contributed by atoms with Gasteiger partial charge >= 0.3 is 0 Å². The largest absolute Gasteiger partial charge is 0.350 e. The van der Waals surface area contributed by atoms with E-state index in [4.69, 9.17) is 5.21 Å². The molecular formula is C22H18N4O6S. The summed E-state index contributed by atoms with van der Waals surface area (Å²) in [5, 5.41) is 20.5. The van der Waals surface area contributed by atoms with Gasteiger partial charge in [0.2, 0.25) is 0 Å². The Bertz CT molecular complexity index is 1490. The predicted molar refractivity (Wildman–Crippen MR) is 122 cm³/mol. The van der Waals surface area contributed by atoms with Crippen LogP contribution in [0.2, 0.25) is 0 Å². The molecule has 0 aliphatic carbocycles. The molecule has 0 fully saturated rings. The van der Waals surface area contributed by atoms with Crippen LogP contribution in [0.25, 0.3) is 22.0 Å². The van der Waals surface area contributed by atoms with Crippen LogP contribution in [-0.4, -0.2) is 29.0 Å². The topological polar surface area (TPSA) is 144 Å². The highest BCUT2D eigenvalue weighted by atomic mass is 32.2. The molecular weight excluding hydrogens is 448 g/mol. The summed E-state index contributed by atoms with van der Waals surface area (Å²) in [4.78, 5) is 21.9. The molecule has 33 heavy (non-hydrogen) atoms. The summed E-state index contributed by atoms with van der Waals surface area (Å²) in [6.45, 7) is 0. The molecule has 1 heterocycles. The van der Waals surface area contributed by atoms with E-state index in [1.165, 1.54) is 35.8 Å². The Morgan fingerprint density at radius 1 is 1.06 bits per heavy atom. The van der Waals surface area contributed by atoms with Crippen LogP contribution in [-0.2, 0) is 17.1 Å². The van der Waals surface area contributed by atoms with Gasteiger partial charge in [-0.2, -0.15) is 0 Å². The minimum absolute atomic E-state index is 0.0145. The van der Waals surface area contributed by atoms with Crippen molar-refractivity contribution < 1.29 is 23.3 Å². The van der Waals surface area contributed by atoms with Gasteiger partial charge in [-0.3, -0.25) is 24.8 Å². The quantitative estimate of drug-likeness (QED) is 0.225. The Kier molecular flexibility index (Phi) is 5.58. The third kappa shape index (κ3) is 4.27. The van der Waals surface area contributed by atoms with E-state index in [1.54, 1.807) is 30.3 Å². The van der Waals surface area contributed by atoms with Crippen molar-refractivity contribution in [2.75, 3.05) is 4.72 Å². The van der Waals surface area contributed by atoms with Crippen LogP contribution in [0.1, 0.15) is 10.4 Å². The van der Waals surface area contributed by atoms with Crippen molar-refractivity contribution in [1.29, 1.82) is 0 Å². The number of anilines is 1. The Morgan fingerprint density at radius 3 is 2.45 bits per heavy atom. The summed E-state index contributed by atoms with van der Waals surface area (Å²) in [6.07, 6.45) is 1.86. The first-order chi connectivity index (χ1) is 15.7. The van der Waals surface area contributed by atoms with Crippen molar-refractivity contribution in [3.05, 3.63) is 88.6 Å². The molecule has 11 heteroatoms. The molecule has 4 rings (SSSR count). The van der Waals surface area contributed by atoms with Gasteiger partial charge in [-0.05, 0) is 54.1 Å². The summed E-state index contributed by atoms with van der Waals surface area (Å²) in [6, 6.07) is 16.4. The van der Waals surface area contributed by atoms with Crippen molar-refractivity contribution in [1.82, 2.24) is 10.0 Å². The highest BCUT2D eigenvalue weighted by Gasteiger charge is 2.18. The van der Waals surface area contributed by atoms with E-state index in [2.05, 4.69) is 4.72 Å². The van der Waals surface area contributed by atoms with Crippen LogP contribution in [0, 0.1) is 10.1 Å². The van der Waals surface area contributed by atoms with Crippen LogP contribution in [0.3, 0.4) is 0 Å². The van der Waals surface area contributed by atoms with Crippen molar-refractivity contribution in [3.8, 4) is 11.1 Å². The Balaban J connectivity index is 1.72. The number of nitrogens with one attached hydrogen (secondary N) is 2. The fourth-order valence-corrected chi connectivity index (χ4v) is 4.63. The summed E-state index contributed by atoms with van der Waals surface area (Å²) >= 11 is 0. The zero-order chi connectivity index (χ0) is 23.8. The number of hydrogen-bond donors (Lipinski definition) is 3. The lowest BCUT2D eigenvalue weighted by atomic mass is 10.0. The van der Waals surface area contributed by atoms with Gasteiger partial charge in [0.1, 0.15) is 0 Å². The molecule has 10 nitrogen and oxygen atoms in total. The molecule has 3 N–H and O–H groups in total. The minimum Gasteiger partial charge on any atom is -0.350 e.